The molecule has 1 aliphatic rings. The van der Waals surface area contributed by atoms with Crippen molar-refractivity contribution in [2.24, 2.45) is 0 Å². The molecule has 32 heavy (non-hydrogen) atoms. The van der Waals surface area contributed by atoms with Crippen molar-refractivity contribution in [1.29, 1.82) is 0 Å². The maximum Gasteiger partial charge on any atom is 4.00 e. The second-order valence-corrected chi connectivity index (χ2v) is 12.3. The third-order valence-corrected chi connectivity index (χ3v) is 4.46. The molecule has 3 rings (SSSR count). The number of nitrogens with one attached hydrogen (secondary N) is 1. The molecular formula is C27H42Cl2NSiTi. The van der Waals surface area contributed by atoms with Crippen molar-refractivity contribution in [3.05, 3.63) is 64.4 Å². The van der Waals surface area contributed by atoms with Crippen LogP contribution in [0.5, 0.6) is 0 Å². The van der Waals surface area contributed by atoms with Crippen molar-refractivity contribution < 1.29 is 46.5 Å². The van der Waals surface area contributed by atoms with Crippen LogP contribution in [0.15, 0.2) is 30.3 Å². The van der Waals surface area contributed by atoms with Crippen molar-refractivity contribution in [1.82, 2.24) is 0 Å². The van der Waals surface area contributed by atoms with Crippen molar-refractivity contribution in [3.63, 3.8) is 0 Å². The summed E-state index contributed by atoms with van der Waals surface area (Å²) in [6, 6.07) is 15.2. The zero-order valence-corrected chi connectivity index (χ0v) is 26.2. The van der Waals surface area contributed by atoms with Gasteiger partial charge in [0.2, 0.25) is 0 Å². The smallest absolute Gasteiger partial charge is 1.00 e. The summed E-state index contributed by atoms with van der Waals surface area (Å²) in [5.74, 6) is 0. The standard InChI is InChI=1S/C21H25.C4H10N.C2H7Si.2ClH.Ti/c1-20(2,3)16-7-9-18-14(12-16)11-15-13-17(21(4,5)6)8-10-19(15)18;1-4(2,3)5;1-3-2;;;/h7-10,12H,11H2,1-6H3;5H,1-3H3;3H,1-2H3;2*1H;/q2*-1;;;;+4/p-2. The normalized spacial score (nSPS) is 11.6. The van der Waals surface area contributed by atoms with Gasteiger partial charge in [-0.1, -0.05) is 99.2 Å². The molecule has 0 fully saturated rings. The molecule has 1 radical (unpaired) electrons. The van der Waals surface area contributed by atoms with Crippen LogP contribution in [-0.2, 0) is 39.0 Å². The Hall–Kier alpha value is -0.0888. The fraction of sp³-hybridized carbons (Fsp3) is 0.556. The molecule has 0 saturated heterocycles. The van der Waals surface area contributed by atoms with E-state index in [9.17, 15) is 0 Å². The van der Waals surface area contributed by atoms with Gasteiger partial charge in [-0.05, 0) is 28.4 Å². The molecular weight excluding hydrogens is 485 g/mol. The van der Waals surface area contributed by atoms with Crippen LogP contribution in [0.25, 0.3) is 16.9 Å². The van der Waals surface area contributed by atoms with Gasteiger partial charge in [0, 0.05) is 9.52 Å². The average Bonchev–Trinajstić information content (AvgIpc) is 2.89. The molecule has 0 heterocycles. The minimum absolute atomic E-state index is 0. The summed E-state index contributed by atoms with van der Waals surface area (Å²) < 4.78 is 0. The average molecular weight is 527 g/mol. The first-order chi connectivity index (χ1) is 13.1. The number of hydrogen-bond donors (Lipinski definition) is 0. The summed E-state index contributed by atoms with van der Waals surface area (Å²) in [5.41, 5.74) is 15.4. The second-order valence-electron chi connectivity index (χ2n) is 11.1. The number of benzene rings is 2. The number of hydrogen-bond acceptors (Lipinski definition) is 0. The third-order valence-electron chi connectivity index (χ3n) is 4.46. The van der Waals surface area contributed by atoms with Gasteiger partial charge in [-0.2, -0.15) is 23.8 Å². The fourth-order valence-corrected chi connectivity index (χ4v) is 3.03. The quantitative estimate of drug-likeness (QED) is 0.316. The molecule has 0 amide bonds. The van der Waals surface area contributed by atoms with Crippen LogP contribution in [-0.4, -0.2) is 15.1 Å². The molecule has 1 nitrogen and oxygen atoms in total. The molecule has 5 heteroatoms. The van der Waals surface area contributed by atoms with Gasteiger partial charge < -0.3 is 30.5 Å². The van der Waals surface area contributed by atoms with Crippen molar-refractivity contribution in [3.8, 4) is 11.1 Å². The predicted octanol–water partition coefficient (Wildman–Crippen LogP) is 2.01. The molecule has 2 aromatic rings. The molecule has 1 N–H and O–H groups in total. The van der Waals surface area contributed by atoms with E-state index >= 15 is 0 Å². The van der Waals surface area contributed by atoms with E-state index in [4.69, 9.17) is 5.73 Å². The van der Waals surface area contributed by atoms with Crippen LogP contribution in [0.1, 0.15) is 84.6 Å². The molecule has 177 valence electrons. The molecule has 0 aliphatic heterocycles. The molecule has 0 bridgehead atoms. The summed E-state index contributed by atoms with van der Waals surface area (Å²) in [4.78, 5) is 0. The number of rotatable bonds is 0. The van der Waals surface area contributed by atoms with Gasteiger partial charge in [0.15, 0.2) is 0 Å². The van der Waals surface area contributed by atoms with Crippen molar-refractivity contribution in [2.45, 2.75) is 98.2 Å². The molecule has 0 unspecified atom stereocenters. The molecule has 0 spiro atoms. The van der Waals surface area contributed by atoms with Gasteiger partial charge in [0.25, 0.3) is 0 Å². The Morgan fingerprint density at radius 2 is 1.22 bits per heavy atom. The third kappa shape index (κ3) is 11.9. The van der Waals surface area contributed by atoms with Crippen molar-refractivity contribution in [2.75, 3.05) is 0 Å². The van der Waals surface area contributed by atoms with E-state index in [1.807, 2.05) is 20.8 Å². The van der Waals surface area contributed by atoms with E-state index in [1.54, 1.807) is 0 Å². The van der Waals surface area contributed by atoms with E-state index in [-0.39, 0.29) is 62.9 Å². The maximum atomic E-state index is 6.94. The zero-order valence-electron chi connectivity index (χ0n) is 21.9. The second kappa shape index (κ2) is 14.3. The molecule has 0 aromatic heterocycles. The first-order valence-electron chi connectivity index (χ1n) is 10.8. The van der Waals surface area contributed by atoms with Crippen LogP contribution < -0.4 is 24.8 Å². The summed E-state index contributed by atoms with van der Waals surface area (Å²) in [5, 5.41) is 0. The van der Waals surface area contributed by atoms with Gasteiger partial charge in [0.1, 0.15) is 0 Å². The fourth-order valence-electron chi connectivity index (χ4n) is 3.03. The predicted molar refractivity (Wildman–Crippen MR) is 134 cm³/mol. The van der Waals surface area contributed by atoms with Gasteiger partial charge >= 0.3 is 21.7 Å². The number of fused-ring (bicyclic) bond motifs is 3. The van der Waals surface area contributed by atoms with E-state index < -0.39 is 0 Å². The Morgan fingerprint density at radius 3 is 1.62 bits per heavy atom. The van der Waals surface area contributed by atoms with E-state index in [2.05, 4.69) is 91.0 Å². The largest absolute Gasteiger partial charge is 4.00 e. The molecule has 1 aliphatic carbocycles. The van der Waals surface area contributed by atoms with Crippen LogP contribution in [0.4, 0.5) is 0 Å². The minimum Gasteiger partial charge on any atom is -1.00 e. The van der Waals surface area contributed by atoms with Gasteiger partial charge in [-0.3, -0.25) is 0 Å². The van der Waals surface area contributed by atoms with E-state index in [1.165, 1.54) is 33.4 Å². The SMILES string of the molecule is CC(C)(C)[NH-].CC(C)(C)c1[c-]c2c(cc1)-c1ccc(C(C)(C)C)cc1C2.C[SiH]C.[Cl-].[Cl-].[Ti+4]. The van der Waals surface area contributed by atoms with Gasteiger partial charge in [0.05, 0.1) is 0 Å². The van der Waals surface area contributed by atoms with Crippen molar-refractivity contribution >= 4 is 9.52 Å². The van der Waals surface area contributed by atoms with Crippen LogP contribution in [0, 0.1) is 6.07 Å². The summed E-state index contributed by atoms with van der Waals surface area (Å²) in [6.07, 6.45) is 1.03. The minimum atomic E-state index is -0.250. The Kier molecular flexibility index (Phi) is 16.4. The monoisotopic (exact) mass is 526 g/mol. The first kappa shape index (κ1) is 36.5. The van der Waals surface area contributed by atoms with E-state index in [0.717, 1.165) is 15.9 Å². The summed E-state index contributed by atoms with van der Waals surface area (Å²) in [6.45, 7) is 23.6. The van der Waals surface area contributed by atoms with Gasteiger partial charge in [-0.25, -0.2) is 0 Å². The first-order valence-corrected chi connectivity index (χ1v) is 13.1. The summed E-state index contributed by atoms with van der Waals surface area (Å²) in [7, 11) is 0.750. The Bertz CT molecular complexity index is 748. The zero-order chi connectivity index (χ0) is 22.6. The van der Waals surface area contributed by atoms with Gasteiger partial charge in [-0.15, -0.1) is 16.7 Å². The Morgan fingerprint density at radius 1 is 0.781 bits per heavy atom. The topological polar surface area (TPSA) is 23.8 Å². The molecule has 2 aromatic carbocycles. The molecule has 0 saturated carbocycles. The Labute approximate surface area is 228 Å². The number of halogens is 2. The van der Waals surface area contributed by atoms with E-state index in [0.29, 0.717) is 0 Å². The van der Waals surface area contributed by atoms with Crippen LogP contribution >= 0.6 is 0 Å². The van der Waals surface area contributed by atoms with Crippen LogP contribution in [0.2, 0.25) is 13.1 Å². The van der Waals surface area contributed by atoms with Crippen LogP contribution in [0.3, 0.4) is 0 Å². The maximum absolute atomic E-state index is 6.94. The summed E-state index contributed by atoms with van der Waals surface area (Å²) >= 11 is 0. The Balaban J connectivity index is -0.000000669. The molecule has 0 atom stereocenters.